The van der Waals surface area contributed by atoms with E-state index in [0.29, 0.717) is 18.9 Å². The Morgan fingerprint density at radius 1 is 1.32 bits per heavy atom. The summed E-state index contributed by atoms with van der Waals surface area (Å²) in [5, 5.41) is 12.0. The summed E-state index contributed by atoms with van der Waals surface area (Å²) in [5.74, 6) is 0.581. The highest BCUT2D eigenvalue weighted by Crippen LogP contribution is 2.34. The Kier molecular flexibility index (Phi) is 3.44. The summed E-state index contributed by atoms with van der Waals surface area (Å²) in [5.41, 5.74) is 0.913. The van der Waals surface area contributed by atoms with Crippen molar-refractivity contribution >= 4 is 17.5 Å². The topological polar surface area (TPSA) is 79.1 Å². The first-order valence-electron chi connectivity index (χ1n) is 6.98. The Hall–Kier alpha value is -1.77. The quantitative estimate of drug-likeness (QED) is 0.790. The van der Waals surface area contributed by atoms with Crippen molar-refractivity contribution < 1.29 is 14.3 Å². The number of rotatable bonds is 3. The van der Waals surface area contributed by atoms with Crippen molar-refractivity contribution in [2.24, 2.45) is 0 Å². The molecule has 0 spiro atoms. The van der Waals surface area contributed by atoms with Crippen molar-refractivity contribution in [2.45, 2.75) is 29.8 Å². The zero-order valence-electron chi connectivity index (χ0n) is 11.9. The van der Waals surface area contributed by atoms with Crippen LogP contribution in [0.15, 0.2) is 29.2 Å². The van der Waals surface area contributed by atoms with Gasteiger partial charge in [0.05, 0.1) is 12.6 Å². The highest BCUT2D eigenvalue weighted by molar-refractivity contribution is 7.98. The lowest BCUT2D eigenvalue weighted by atomic mass is 10.0. The van der Waals surface area contributed by atoms with Crippen LogP contribution in [-0.4, -0.2) is 51.2 Å². The highest BCUT2D eigenvalue weighted by atomic mass is 32.2. The number of fused-ring (bicyclic) bond motifs is 2. The second-order valence-electron chi connectivity index (χ2n) is 5.25. The van der Waals surface area contributed by atoms with Crippen LogP contribution in [0.1, 0.15) is 12.5 Å². The monoisotopic (exact) mass is 318 g/mol. The number of nitrogens with zero attached hydrogens (tertiary/aromatic N) is 4. The molecule has 2 aromatic rings. The van der Waals surface area contributed by atoms with Gasteiger partial charge in [-0.3, -0.25) is 4.79 Å². The highest BCUT2D eigenvalue weighted by Gasteiger charge is 2.45. The van der Waals surface area contributed by atoms with Crippen LogP contribution in [0.2, 0.25) is 0 Å². The SMILES string of the molecule is CSc1ccc(-c2nnnn2C2CC(=O)C3OCC2O3)cc1. The molecule has 8 heteroatoms. The number of thioether (sulfide) groups is 1. The molecule has 2 bridgehead atoms. The number of carbonyl (C=O) groups is 1. The Morgan fingerprint density at radius 2 is 2.14 bits per heavy atom. The van der Waals surface area contributed by atoms with Gasteiger partial charge in [0.15, 0.2) is 11.6 Å². The van der Waals surface area contributed by atoms with Crippen molar-refractivity contribution in [3.05, 3.63) is 24.3 Å². The third-order valence-electron chi connectivity index (χ3n) is 3.97. The first kappa shape index (κ1) is 13.9. The predicted molar refractivity (Wildman–Crippen MR) is 78.3 cm³/mol. The minimum atomic E-state index is -0.706. The number of aromatic nitrogens is 4. The zero-order chi connectivity index (χ0) is 15.1. The minimum Gasteiger partial charge on any atom is -0.343 e. The molecule has 0 amide bonds. The van der Waals surface area contributed by atoms with Gasteiger partial charge in [-0.2, -0.15) is 0 Å². The van der Waals surface area contributed by atoms with Crippen LogP contribution in [0.3, 0.4) is 0 Å². The first-order chi connectivity index (χ1) is 10.8. The molecule has 2 aliphatic rings. The number of carbonyl (C=O) groups excluding carboxylic acids is 1. The maximum absolute atomic E-state index is 12.0. The van der Waals surface area contributed by atoms with Crippen LogP contribution in [0.25, 0.3) is 11.4 Å². The number of ether oxygens (including phenoxy) is 2. The van der Waals surface area contributed by atoms with E-state index in [1.54, 1.807) is 16.4 Å². The standard InChI is InChI=1S/C14H14N4O3S/c1-22-9-4-2-8(3-5-9)13-15-16-17-18(13)10-6-11(19)14-20-7-12(10)21-14/h2-5,10,12,14H,6-7H2,1H3. The number of tetrazole rings is 1. The minimum absolute atomic E-state index is 0.0575. The normalized spacial score (nSPS) is 27.3. The fourth-order valence-electron chi connectivity index (χ4n) is 2.82. The molecule has 4 rings (SSSR count). The molecule has 1 aromatic carbocycles. The van der Waals surface area contributed by atoms with Crippen LogP contribution in [0.4, 0.5) is 0 Å². The molecule has 2 aliphatic heterocycles. The van der Waals surface area contributed by atoms with E-state index in [-0.39, 0.29) is 17.9 Å². The van der Waals surface area contributed by atoms with E-state index >= 15 is 0 Å². The molecule has 0 N–H and O–H groups in total. The van der Waals surface area contributed by atoms with Crippen molar-refractivity contribution in [3.63, 3.8) is 0 Å². The van der Waals surface area contributed by atoms with Gasteiger partial charge >= 0.3 is 0 Å². The smallest absolute Gasteiger partial charge is 0.218 e. The van der Waals surface area contributed by atoms with E-state index in [1.165, 1.54) is 4.90 Å². The Labute approximate surface area is 131 Å². The van der Waals surface area contributed by atoms with Crippen LogP contribution >= 0.6 is 11.8 Å². The summed E-state index contributed by atoms with van der Waals surface area (Å²) in [6, 6.07) is 7.78. The number of benzene rings is 1. The second-order valence-corrected chi connectivity index (χ2v) is 6.13. The van der Waals surface area contributed by atoms with Crippen LogP contribution in [0, 0.1) is 0 Å². The molecule has 7 nitrogen and oxygen atoms in total. The number of hydrogen-bond donors (Lipinski definition) is 0. The predicted octanol–water partition coefficient (Wildman–Crippen LogP) is 1.32. The molecule has 114 valence electrons. The molecule has 0 saturated carbocycles. The number of hydrogen-bond acceptors (Lipinski definition) is 7. The molecular weight excluding hydrogens is 304 g/mol. The molecule has 22 heavy (non-hydrogen) atoms. The second kappa shape index (κ2) is 5.45. The summed E-state index contributed by atoms with van der Waals surface area (Å²) in [7, 11) is 0. The van der Waals surface area contributed by atoms with Crippen LogP contribution < -0.4 is 0 Å². The molecule has 0 radical (unpaired) electrons. The van der Waals surface area contributed by atoms with Gasteiger partial charge in [-0.25, -0.2) is 4.68 Å². The molecule has 3 heterocycles. The van der Waals surface area contributed by atoms with Crippen LogP contribution in [-0.2, 0) is 14.3 Å². The van der Waals surface area contributed by atoms with E-state index in [1.807, 2.05) is 30.5 Å². The average Bonchev–Trinajstić information content (AvgIpc) is 3.20. The Bertz CT molecular complexity index is 702. The summed E-state index contributed by atoms with van der Waals surface area (Å²) in [4.78, 5) is 13.1. The lowest BCUT2D eigenvalue weighted by molar-refractivity contribution is -0.156. The molecule has 1 aromatic heterocycles. The van der Waals surface area contributed by atoms with E-state index < -0.39 is 6.29 Å². The maximum Gasteiger partial charge on any atom is 0.218 e. The van der Waals surface area contributed by atoms with Crippen molar-refractivity contribution in [1.29, 1.82) is 0 Å². The molecular formula is C14H14N4O3S. The van der Waals surface area contributed by atoms with Gasteiger partial charge in [-0.05, 0) is 28.8 Å². The van der Waals surface area contributed by atoms with Gasteiger partial charge in [-0.15, -0.1) is 16.9 Å². The van der Waals surface area contributed by atoms with E-state index in [0.717, 1.165) is 5.56 Å². The first-order valence-corrected chi connectivity index (χ1v) is 8.21. The third-order valence-corrected chi connectivity index (χ3v) is 4.71. The number of Topliss-reactive ketones (excluding diaryl/α,β-unsaturated/α-hetero) is 1. The number of ketones is 1. The van der Waals surface area contributed by atoms with Crippen molar-refractivity contribution in [3.8, 4) is 11.4 Å². The summed E-state index contributed by atoms with van der Waals surface area (Å²) < 4.78 is 12.6. The van der Waals surface area contributed by atoms with Gasteiger partial charge < -0.3 is 9.47 Å². The lowest BCUT2D eigenvalue weighted by Crippen LogP contribution is -2.37. The Morgan fingerprint density at radius 3 is 2.91 bits per heavy atom. The fraction of sp³-hybridized carbons (Fsp3) is 0.429. The fourth-order valence-corrected chi connectivity index (χ4v) is 3.22. The van der Waals surface area contributed by atoms with Crippen molar-refractivity contribution in [1.82, 2.24) is 20.2 Å². The van der Waals surface area contributed by atoms with E-state index in [4.69, 9.17) is 9.47 Å². The van der Waals surface area contributed by atoms with Gasteiger partial charge in [0.2, 0.25) is 6.29 Å². The Balaban J connectivity index is 1.68. The van der Waals surface area contributed by atoms with Gasteiger partial charge in [-0.1, -0.05) is 12.1 Å². The van der Waals surface area contributed by atoms with Gasteiger partial charge in [0, 0.05) is 16.9 Å². The average molecular weight is 318 g/mol. The lowest BCUT2D eigenvalue weighted by Gasteiger charge is -2.26. The molecule has 3 unspecified atom stereocenters. The largest absolute Gasteiger partial charge is 0.343 e. The third kappa shape index (κ3) is 2.23. The van der Waals surface area contributed by atoms with E-state index in [9.17, 15) is 4.79 Å². The van der Waals surface area contributed by atoms with Gasteiger partial charge in [0.25, 0.3) is 0 Å². The molecule has 2 fully saturated rings. The van der Waals surface area contributed by atoms with Crippen LogP contribution in [0.5, 0.6) is 0 Å². The molecule has 0 aliphatic carbocycles. The summed E-state index contributed by atoms with van der Waals surface area (Å²) in [6.07, 6.45) is 1.47. The summed E-state index contributed by atoms with van der Waals surface area (Å²) in [6.45, 7) is 0.395. The zero-order valence-corrected chi connectivity index (χ0v) is 12.7. The van der Waals surface area contributed by atoms with Crippen molar-refractivity contribution in [2.75, 3.05) is 12.9 Å². The molecule has 3 atom stereocenters. The van der Waals surface area contributed by atoms with E-state index in [2.05, 4.69) is 15.5 Å². The maximum atomic E-state index is 12.0. The summed E-state index contributed by atoms with van der Waals surface area (Å²) >= 11 is 1.68. The molecule has 2 saturated heterocycles. The van der Waals surface area contributed by atoms with Gasteiger partial charge in [0.1, 0.15) is 6.10 Å².